The summed E-state index contributed by atoms with van der Waals surface area (Å²) in [6, 6.07) is 4.55. The Hall–Kier alpha value is -1.38. The van der Waals surface area contributed by atoms with E-state index in [1.807, 2.05) is 13.8 Å². The first-order valence-corrected chi connectivity index (χ1v) is 6.14. The number of hydrogen-bond acceptors (Lipinski definition) is 1. The maximum atomic E-state index is 13.4. The molecule has 3 heteroatoms. The standard InChI is InChI=1S/C14H18FNO/c1-4-7-14(9(2)3)11-8-10(15)5-6-12(11)16-13(14)17/h5-6,8-9H,4,7H2,1-3H3,(H,16,17). The lowest BCUT2D eigenvalue weighted by Crippen LogP contribution is -2.39. The van der Waals surface area contributed by atoms with E-state index in [0.29, 0.717) is 0 Å². The molecule has 2 nitrogen and oxygen atoms in total. The third kappa shape index (κ3) is 1.65. The third-order valence-corrected chi connectivity index (χ3v) is 3.75. The molecule has 0 saturated heterocycles. The van der Waals surface area contributed by atoms with Crippen molar-refractivity contribution in [1.82, 2.24) is 0 Å². The van der Waals surface area contributed by atoms with E-state index in [4.69, 9.17) is 0 Å². The summed E-state index contributed by atoms with van der Waals surface area (Å²) in [6.45, 7) is 6.10. The fourth-order valence-corrected chi connectivity index (χ4v) is 2.86. The smallest absolute Gasteiger partial charge is 0.235 e. The Morgan fingerprint density at radius 1 is 1.41 bits per heavy atom. The van der Waals surface area contributed by atoms with E-state index >= 15 is 0 Å². The molecule has 1 atom stereocenters. The number of rotatable bonds is 3. The van der Waals surface area contributed by atoms with Gasteiger partial charge in [0.05, 0.1) is 5.41 Å². The van der Waals surface area contributed by atoms with Gasteiger partial charge in [0.15, 0.2) is 0 Å². The van der Waals surface area contributed by atoms with Crippen LogP contribution in [0.15, 0.2) is 18.2 Å². The van der Waals surface area contributed by atoms with Crippen molar-refractivity contribution in [2.45, 2.75) is 39.0 Å². The third-order valence-electron chi connectivity index (χ3n) is 3.75. The average Bonchev–Trinajstić information content (AvgIpc) is 2.53. The lowest BCUT2D eigenvalue weighted by atomic mass is 9.69. The van der Waals surface area contributed by atoms with Gasteiger partial charge in [-0.1, -0.05) is 27.2 Å². The Bertz CT molecular complexity index is 456. The van der Waals surface area contributed by atoms with Crippen molar-refractivity contribution in [3.05, 3.63) is 29.6 Å². The van der Waals surface area contributed by atoms with E-state index in [0.717, 1.165) is 24.1 Å². The second-order valence-corrected chi connectivity index (χ2v) is 5.02. The Labute approximate surface area is 101 Å². The summed E-state index contributed by atoms with van der Waals surface area (Å²) in [7, 11) is 0. The molecule has 0 aromatic heterocycles. The highest BCUT2D eigenvalue weighted by molar-refractivity contribution is 6.06. The van der Waals surface area contributed by atoms with Gasteiger partial charge in [0.2, 0.25) is 5.91 Å². The molecular formula is C14H18FNO. The summed E-state index contributed by atoms with van der Waals surface area (Å²) >= 11 is 0. The normalized spacial score (nSPS) is 22.8. The molecule has 1 aliphatic rings. The van der Waals surface area contributed by atoms with Gasteiger partial charge in [-0.3, -0.25) is 4.79 Å². The summed E-state index contributed by atoms with van der Waals surface area (Å²) < 4.78 is 13.4. The van der Waals surface area contributed by atoms with Gasteiger partial charge in [-0.05, 0) is 36.1 Å². The van der Waals surface area contributed by atoms with Gasteiger partial charge in [-0.25, -0.2) is 4.39 Å². The maximum absolute atomic E-state index is 13.4. The predicted molar refractivity (Wildman–Crippen MR) is 66.5 cm³/mol. The van der Waals surface area contributed by atoms with Crippen LogP contribution in [-0.2, 0) is 10.2 Å². The SMILES string of the molecule is CCCC1(C(C)C)C(=O)Nc2ccc(F)cc21. The molecule has 17 heavy (non-hydrogen) atoms. The van der Waals surface area contributed by atoms with Crippen molar-refractivity contribution in [2.75, 3.05) is 5.32 Å². The number of carbonyl (C=O) groups is 1. The largest absolute Gasteiger partial charge is 0.325 e. The van der Waals surface area contributed by atoms with Crippen molar-refractivity contribution in [3.63, 3.8) is 0 Å². The van der Waals surface area contributed by atoms with Gasteiger partial charge in [-0.2, -0.15) is 0 Å². The van der Waals surface area contributed by atoms with E-state index in [1.54, 1.807) is 6.07 Å². The molecule has 2 rings (SSSR count). The summed E-state index contributed by atoms with van der Waals surface area (Å²) in [6.07, 6.45) is 1.66. The van der Waals surface area contributed by atoms with Crippen LogP contribution in [0.4, 0.5) is 10.1 Å². The summed E-state index contributed by atoms with van der Waals surface area (Å²) in [5.41, 5.74) is 1.02. The van der Waals surface area contributed by atoms with Gasteiger partial charge in [0, 0.05) is 5.69 Å². The molecule has 0 radical (unpaired) electrons. The van der Waals surface area contributed by atoms with Gasteiger partial charge < -0.3 is 5.32 Å². The number of anilines is 1. The maximum Gasteiger partial charge on any atom is 0.235 e. The number of nitrogens with one attached hydrogen (secondary N) is 1. The number of fused-ring (bicyclic) bond motifs is 1. The van der Waals surface area contributed by atoms with Gasteiger partial charge in [0.25, 0.3) is 0 Å². The van der Waals surface area contributed by atoms with Crippen LogP contribution in [0.3, 0.4) is 0 Å². The first-order valence-electron chi connectivity index (χ1n) is 6.14. The molecule has 1 N–H and O–H groups in total. The highest BCUT2D eigenvalue weighted by atomic mass is 19.1. The number of halogens is 1. The molecule has 92 valence electrons. The van der Waals surface area contributed by atoms with Gasteiger partial charge in [-0.15, -0.1) is 0 Å². The first kappa shape index (κ1) is 12.1. The van der Waals surface area contributed by atoms with Crippen LogP contribution in [-0.4, -0.2) is 5.91 Å². The van der Waals surface area contributed by atoms with Crippen LogP contribution < -0.4 is 5.32 Å². The zero-order valence-electron chi connectivity index (χ0n) is 10.5. The second-order valence-electron chi connectivity index (χ2n) is 5.02. The summed E-state index contributed by atoms with van der Waals surface area (Å²) in [5.74, 6) is -0.109. The molecule has 1 unspecified atom stereocenters. The predicted octanol–water partition coefficient (Wildman–Crippen LogP) is 3.47. The fraction of sp³-hybridized carbons (Fsp3) is 0.500. The van der Waals surface area contributed by atoms with Crippen LogP contribution in [0.5, 0.6) is 0 Å². The molecule has 0 fully saturated rings. The van der Waals surface area contributed by atoms with E-state index in [2.05, 4.69) is 12.2 Å². The number of amides is 1. The minimum atomic E-state index is -0.563. The van der Waals surface area contributed by atoms with Crippen LogP contribution in [0.1, 0.15) is 39.2 Å². The Morgan fingerprint density at radius 2 is 2.12 bits per heavy atom. The molecule has 1 aromatic carbocycles. The second kappa shape index (κ2) is 4.13. The van der Waals surface area contributed by atoms with Gasteiger partial charge in [0.1, 0.15) is 5.82 Å². The number of carbonyl (C=O) groups excluding carboxylic acids is 1. The highest BCUT2D eigenvalue weighted by Crippen LogP contribution is 2.46. The minimum absolute atomic E-state index is 0.00921. The topological polar surface area (TPSA) is 29.1 Å². The first-order chi connectivity index (χ1) is 8.02. The van der Waals surface area contributed by atoms with Gasteiger partial charge >= 0.3 is 0 Å². The van der Waals surface area contributed by atoms with Crippen molar-refractivity contribution < 1.29 is 9.18 Å². The van der Waals surface area contributed by atoms with Crippen molar-refractivity contribution in [1.29, 1.82) is 0 Å². The fourth-order valence-electron chi connectivity index (χ4n) is 2.86. The van der Waals surface area contributed by atoms with Crippen molar-refractivity contribution in [2.24, 2.45) is 5.92 Å². The van der Waals surface area contributed by atoms with Crippen LogP contribution in [0.2, 0.25) is 0 Å². The Balaban J connectivity index is 2.61. The van der Waals surface area contributed by atoms with E-state index in [1.165, 1.54) is 12.1 Å². The molecule has 1 heterocycles. The van der Waals surface area contributed by atoms with E-state index < -0.39 is 5.41 Å². The number of hydrogen-bond donors (Lipinski definition) is 1. The molecule has 1 aliphatic heterocycles. The van der Waals surface area contributed by atoms with E-state index in [-0.39, 0.29) is 17.6 Å². The van der Waals surface area contributed by atoms with Crippen molar-refractivity contribution in [3.8, 4) is 0 Å². The van der Waals surface area contributed by atoms with E-state index in [9.17, 15) is 9.18 Å². The van der Waals surface area contributed by atoms with Crippen LogP contribution in [0.25, 0.3) is 0 Å². The average molecular weight is 235 g/mol. The summed E-state index contributed by atoms with van der Waals surface area (Å²) in [5, 5.41) is 2.88. The Morgan fingerprint density at radius 3 is 2.71 bits per heavy atom. The lowest BCUT2D eigenvalue weighted by molar-refractivity contribution is -0.122. The Kier molecular flexibility index (Phi) is 2.94. The zero-order chi connectivity index (χ0) is 12.6. The van der Waals surface area contributed by atoms with Crippen LogP contribution in [0, 0.1) is 11.7 Å². The highest BCUT2D eigenvalue weighted by Gasteiger charge is 2.48. The summed E-state index contributed by atoms with van der Waals surface area (Å²) in [4.78, 5) is 12.3. The molecule has 1 amide bonds. The van der Waals surface area contributed by atoms with Crippen molar-refractivity contribution >= 4 is 11.6 Å². The molecule has 0 spiro atoms. The number of benzene rings is 1. The molecule has 1 aromatic rings. The molecular weight excluding hydrogens is 217 g/mol. The molecule has 0 saturated carbocycles. The quantitative estimate of drug-likeness (QED) is 0.854. The monoisotopic (exact) mass is 235 g/mol. The van der Waals surface area contributed by atoms with Crippen LogP contribution >= 0.6 is 0 Å². The lowest BCUT2D eigenvalue weighted by Gasteiger charge is -2.31. The molecule has 0 bridgehead atoms. The minimum Gasteiger partial charge on any atom is -0.325 e. The molecule has 0 aliphatic carbocycles. The zero-order valence-corrected chi connectivity index (χ0v) is 10.5.